The van der Waals surface area contributed by atoms with Gasteiger partial charge in [0.25, 0.3) is 0 Å². The largest absolute Gasteiger partial charge is 0.497 e. The van der Waals surface area contributed by atoms with Gasteiger partial charge in [0.1, 0.15) is 23.7 Å². The molecule has 1 aromatic carbocycles. The van der Waals surface area contributed by atoms with Crippen molar-refractivity contribution in [3.05, 3.63) is 42.2 Å². The van der Waals surface area contributed by atoms with Gasteiger partial charge in [-0.15, -0.1) is 0 Å². The van der Waals surface area contributed by atoms with Gasteiger partial charge in [-0.05, 0) is 62.6 Å². The number of anilines is 2. The van der Waals surface area contributed by atoms with E-state index in [1.807, 2.05) is 31.2 Å². The minimum atomic E-state index is -0.0381. The van der Waals surface area contributed by atoms with E-state index in [1.165, 1.54) is 12.8 Å². The minimum absolute atomic E-state index is 0.0381. The molecule has 31 heavy (non-hydrogen) atoms. The van der Waals surface area contributed by atoms with Crippen LogP contribution in [0.5, 0.6) is 5.75 Å². The molecule has 2 aromatic rings. The summed E-state index contributed by atoms with van der Waals surface area (Å²) in [5.74, 6) is 3.31. The molecule has 1 aromatic heterocycles. The Labute approximate surface area is 184 Å². The second-order valence-corrected chi connectivity index (χ2v) is 8.74. The van der Waals surface area contributed by atoms with Crippen molar-refractivity contribution in [3.8, 4) is 5.75 Å². The standard InChI is InChI=1S/C24H33N5O2/c1-17(19-6-3-7-21(13-19)31-2)27-24(30)11-8-18-5-4-12-29(15-18)23-14-22(25-16-26-23)28-20-9-10-20/h3,6-7,13-14,16-18,20H,4-5,8-12,15H2,1-2H3,(H,27,30)(H,25,26,28)/t17-,18-/m0/s1. The van der Waals surface area contributed by atoms with E-state index in [-0.39, 0.29) is 11.9 Å². The Hall–Kier alpha value is -2.83. The first kappa shape index (κ1) is 21.4. The van der Waals surface area contributed by atoms with Gasteiger partial charge in [-0.1, -0.05) is 12.1 Å². The summed E-state index contributed by atoms with van der Waals surface area (Å²) < 4.78 is 5.28. The molecule has 1 saturated heterocycles. The summed E-state index contributed by atoms with van der Waals surface area (Å²) in [7, 11) is 1.65. The molecule has 0 spiro atoms. The maximum Gasteiger partial charge on any atom is 0.220 e. The highest BCUT2D eigenvalue weighted by Gasteiger charge is 2.24. The SMILES string of the molecule is COc1cccc([C@H](C)NC(=O)CC[C@@H]2CCCN(c3cc(NC4CC4)ncn3)C2)c1. The van der Waals surface area contributed by atoms with Crippen LogP contribution in [0.25, 0.3) is 0 Å². The molecule has 0 unspecified atom stereocenters. The summed E-state index contributed by atoms with van der Waals surface area (Å²) >= 11 is 0. The molecule has 7 nitrogen and oxygen atoms in total. The topological polar surface area (TPSA) is 79.4 Å². The Kier molecular flexibility index (Phi) is 6.89. The zero-order valence-electron chi connectivity index (χ0n) is 18.5. The molecular weight excluding hydrogens is 390 g/mol. The maximum absolute atomic E-state index is 12.5. The number of aromatic nitrogens is 2. The predicted molar refractivity (Wildman–Crippen MR) is 122 cm³/mol. The van der Waals surface area contributed by atoms with Crippen molar-refractivity contribution in [3.63, 3.8) is 0 Å². The maximum atomic E-state index is 12.5. The third kappa shape index (κ3) is 6.09. The van der Waals surface area contributed by atoms with Gasteiger partial charge >= 0.3 is 0 Å². The van der Waals surface area contributed by atoms with Gasteiger partial charge < -0.3 is 20.3 Å². The second kappa shape index (κ2) is 9.98. The van der Waals surface area contributed by atoms with Crippen molar-refractivity contribution in [1.29, 1.82) is 0 Å². The third-order valence-electron chi connectivity index (χ3n) is 6.18. The number of carbonyl (C=O) groups excluding carboxylic acids is 1. The van der Waals surface area contributed by atoms with Crippen LogP contribution in [0.3, 0.4) is 0 Å². The average molecular weight is 424 g/mol. The Morgan fingerprint density at radius 2 is 2.13 bits per heavy atom. The fourth-order valence-electron chi connectivity index (χ4n) is 4.19. The van der Waals surface area contributed by atoms with Crippen molar-refractivity contribution in [1.82, 2.24) is 15.3 Å². The van der Waals surface area contributed by atoms with Gasteiger partial charge in [-0.3, -0.25) is 4.79 Å². The van der Waals surface area contributed by atoms with Gasteiger partial charge in [-0.2, -0.15) is 0 Å². The lowest BCUT2D eigenvalue weighted by atomic mass is 9.93. The van der Waals surface area contributed by atoms with Gasteiger partial charge in [0.2, 0.25) is 5.91 Å². The van der Waals surface area contributed by atoms with Crippen LogP contribution in [0, 0.1) is 5.92 Å². The zero-order chi connectivity index (χ0) is 21.6. The lowest BCUT2D eigenvalue weighted by Crippen LogP contribution is -2.36. The van der Waals surface area contributed by atoms with Crippen molar-refractivity contribution in [2.24, 2.45) is 5.92 Å². The van der Waals surface area contributed by atoms with E-state index in [4.69, 9.17) is 4.74 Å². The molecule has 4 rings (SSSR count). The normalized spacial score (nSPS) is 19.5. The van der Waals surface area contributed by atoms with Crippen molar-refractivity contribution >= 4 is 17.5 Å². The third-order valence-corrected chi connectivity index (χ3v) is 6.18. The van der Waals surface area contributed by atoms with E-state index in [0.717, 1.165) is 55.3 Å². The van der Waals surface area contributed by atoms with Crippen LogP contribution in [0.15, 0.2) is 36.7 Å². The smallest absolute Gasteiger partial charge is 0.220 e. The van der Waals surface area contributed by atoms with Gasteiger partial charge in [-0.25, -0.2) is 9.97 Å². The van der Waals surface area contributed by atoms with Crippen molar-refractivity contribution in [2.75, 3.05) is 30.4 Å². The predicted octanol–water partition coefficient (Wildman–Crippen LogP) is 3.93. The molecule has 0 radical (unpaired) electrons. The molecule has 0 bridgehead atoms. The van der Waals surface area contributed by atoms with Gasteiger partial charge in [0.15, 0.2) is 0 Å². The van der Waals surface area contributed by atoms with E-state index in [2.05, 4.69) is 31.6 Å². The van der Waals surface area contributed by atoms with Crippen molar-refractivity contribution in [2.45, 2.75) is 57.5 Å². The summed E-state index contributed by atoms with van der Waals surface area (Å²) in [5.41, 5.74) is 1.05. The number of benzene rings is 1. The summed E-state index contributed by atoms with van der Waals surface area (Å²) in [4.78, 5) is 23.7. The Balaban J connectivity index is 1.26. The van der Waals surface area contributed by atoms with Crippen LogP contribution in [0.4, 0.5) is 11.6 Å². The summed E-state index contributed by atoms with van der Waals surface area (Å²) in [6, 6.07) is 10.4. The second-order valence-electron chi connectivity index (χ2n) is 8.74. The molecule has 2 N–H and O–H groups in total. The van der Waals surface area contributed by atoms with Crippen LogP contribution in [-0.2, 0) is 4.79 Å². The molecule has 1 aliphatic carbocycles. The monoisotopic (exact) mass is 423 g/mol. The number of nitrogens with one attached hydrogen (secondary N) is 2. The molecule has 2 atom stereocenters. The molecule has 2 heterocycles. The summed E-state index contributed by atoms with van der Waals surface area (Å²) in [5, 5.41) is 6.57. The van der Waals surface area contributed by atoms with Crippen LogP contribution in [-0.4, -0.2) is 42.1 Å². The molecule has 2 aliphatic rings. The van der Waals surface area contributed by atoms with E-state index in [0.29, 0.717) is 18.4 Å². The first-order chi connectivity index (χ1) is 15.1. The molecule has 7 heteroatoms. The fraction of sp³-hybridized carbons (Fsp3) is 0.542. The quantitative estimate of drug-likeness (QED) is 0.636. The first-order valence-electron chi connectivity index (χ1n) is 11.4. The number of rotatable bonds is 9. The molecule has 2 fully saturated rings. The highest BCUT2D eigenvalue weighted by atomic mass is 16.5. The van der Waals surface area contributed by atoms with Crippen LogP contribution < -0.4 is 20.3 Å². The lowest BCUT2D eigenvalue weighted by molar-refractivity contribution is -0.122. The molecule has 1 amide bonds. The number of hydrogen-bond acceptors (Lipinski definition) is 6. The summed E-state index contributed by atoms with van der Waals surface area (Å²) in [6.45, 7) is 3.96. The highest BCUT2D eigenvalue weighted by molar-refractivity contribution is 5.76. The highest BCUT2D eigenvalue weighted by Crippen LogP contribution is 2.28. The Morgan fingerprint density at radius 1 is 1.26 bits per heavy atom. The van der Waals surface area contributed by atoms with Crippen LogP contribution >= 0.6 is 0 Å². The number of hydrogen-bond donors (Lipinski definition) is 2. The number of methoxy groups -OCH3 is 1. The van der Waals surface area contributed by atoms with E-state index >= 15 is 0 Å². The zero-order valence-corrected chi connectivity index (χ0v) is 18.5. The summed E-state index contributed by atoms with van der Waals surface area (Å²) in [6.07, 6.45) is 7.83. The minimum Gasteiger partial charge on any atom is -0.497 e. The van der Waals surface area contributed by atoms with Crippen LogP contribution in [0.1, 0.15) is 57.1 Å². The van der Waals surface area contributed by atoms with Gasteiger partial charge in [0.05, 0.1) is 13.2 Å². The molecule has 166 valence electrons. The van der Waals surface area contributed by atoms with E-state index in [9.17, 15) is 4.79 Å². The number of amides is 1. The van der Waals surface area contributed by atoms with E-state index < -0.39 is 0 Å². The average Bonchev–Trinajstić information content (AvgIpc) is 3.62. The van der Waals surface area contributed by atoms with E-state index in [1.54, 1.807) is 13.4 Å². The molecule has 1 saturated carbocycles. The Morgan fingerprint density at radius 3 is 2.94 bits per heavy atom. The van der Waals surface area contributed by atoms with Crippen LogP contribution in [0.2, 0.25) is 0 Å². The first-order valence-corrected chi connectivity index (χ1v) is 11.4. The number of carbonyl (C=O) groups is 1. The van der Waals surface area contributed by atoms with Crippen molar-refractivity contribution < 1.29 is 9.53 Å². The fourth-order valence-corrected chi connectivity index (χ4v) is 4.19. The molecule has 1 aliphatic heterocycles. The Bertz CT molecular complexity index is 886. The van der Waals surface area contributed by atoms with Gasteiger partial charge in [0, 0.05) is 31.6 Å². The number of nitrogens with zero attached hydrogens (tertiary/aromatic N) is 3. The lowest BCUT2D eigenvalue weighted by Gasteiger charge is -2.33. The molecular formula is C24H33N5O2. The number of ether oxygens (including phenoxy) is 1. The number of piperidine rings is 1.